The van der Waals surface area contributed by atoms with Gasteiger partial charge in [-0.3, -0.25) is 4.79 Å². The SMILES string of the molecule is Cc1noc(C)c1S(=O)(=O)N1CCCN(C(=O)C2CCCN2)CC1.Cl. The monoisotopic (exact) mass is 392 g/mol. The first-order valence-electron chi connectivity index (χ1n) is 8.36. The molecule has 0 aromatic carbocycles. The van der Waals surface area contributed by atoms with Gasteiger partial charge in [0.15, 0.2) is 5.76 Å². The highest BCUT2D eigenvalue weighted by atomic mass is 35.5. The van der Waals surface area contributed by atoms with Crippen LogP contribution in [-0.2, 0) is 14.8 Å². The van der Waals surface area contributed by atoms with Gasteiger partial charge in [-0.15, -0.1) is 12.4 Å². The molecule has 3 heterocycles. The molecule has 142 valence electrons. The fourth-order valence-electron chi connectivity index (χ4n) is 3.44. The first kappa shape index (κ1) is 20.2. The summed E-state index contributed by atoms with van der Waals surface area (Å²) in [6.07, 6.45) is 2.49. The lowest BCUT2D eigenvalue weighted by Crippen LogP contribution is -2.45. The van der Waals surface area contributed by atoms with Gasteiger partial charge in [-0.05, 0) is 39.7 Å². The summed E-state index contributed by atoms with van der Waals surface area (Å²) in [4.78, 5) is 14.5. The van der Waals surface area contributed by atoms with Gasteiger partial charge in [0.1, 0.15) is 10.6 Å². The summed E-state index contributed by atoms with van der Waals surface area (Å²) < 4.78 is 32.2. The van der Waals surface area contributed by atoms with Crippen LogP contribution in [0.4, 0.5) is 0 Å². The van der Waals surface area contributed by atoms with E-state index in [-0.39, 0.29) is 29.3 Å². The first-order valence-corrected chi connectivity index (χ1v) is 9.80. The van der Waals surface area contributed by atoms with Gasteiger partial charge >= 0.3 is 0 Å². The van der Waals surface area contributed by atoms with Gasteiger partial charge in [-0.1, -0.05) is 5.16 Å². The van der Waals surface area contributed by atoms with Crippen LogP contribution in [0.15, 0.2) is 9.42 Å². The summed E-state index contributed by atoms with van der Waals surface area (Å²) in [6, 6.07) is -0.115. The van der Waals surface area contributed by atoms with Crippen molar-refractivity contribution >= 4 is 28.3 Å². The van der Waals surface area contributed by atoms with Gasteiger partial charge in [-0.25, -0.2) is 8.42 Å². The Bertz CT molecular complexity index is 696. The van der Waals surface area contributed by atoms with Crippen LogP contribution >= 0.6 is 12.4 Å². The van der Waals surface area contributed by atoms with Crippen molar-refractivity contribution in [2.45, 2.75) is 44.0 Å². The molecular weight excluding hydrogens is 368 g/mol. The van der Waals surface area contributed by atoms with Crippen LogP contribution in [0.2, 0.25) is 0 Å². The van der Waals surface area contributed by atoms with Crippen molar-refractivity contribution in [3.8, 4) is 0 Å². The number of carbonyl (C=O) groups excluding carboxylic acids is 1. The second-order valence-corrected chi connectivity index (χ2v) is 8.26. The summed E-state index contributed by atoms with van der Waals surface area (Å²) in [5.41, 5.74) is 0.375. The lowest BCUT2D eigenvalue weighted by Gasteiger charge is -2.24. The van der Waals surface area contributed by atoms with Crippen molar-refractivity contribution in [2.24, 2.45) is 0 Å². The molecule has 2 aliphatic rings. The van der Waals surface area contributed by atoms with Crippen molar-refractivity contribution in [3.63, 3.8) is 0 Å². The Morgan fingerprint density at radius 3 is 2.56 bits per heavy atom. The summed E-state index contributed by atoms with van der Waals surface area (Å²) in [5, 5.41) is 6.95. The molecule has 2 saturated heterocycles. The molecule has 1 unspecified atom stereocenters. The molecule has 1 aromatic heterocycles. The molecule has 0 aliphatic carbocycles. The van der Waals surface area contributed by atoms with Crippen molar-refractivity contribution < 1.29 is 17.7 Å². The maximum Gasteiger partial charge on any atom is 0.248 e. The minimum Gasteiger partial charge on any atom is -0.360 e. The fraction of sp³-hybridized carbons (Fsp3) is 0.733. The molecule has 25 heavy (non-hydrogen) atoms. The zero-order valence-corrected chi connectivity index (χ0v) is 16.2. The maximum absolute atomic E-state index is 12.9. The standard InChI is InChI=1S/C15H24N4O4S.ClH/c1-11-14(12(2)23-17-11)24(21,22)19-8-4-7-18(9-10-19)15(20)13-5-3-6-16-13;/h13,16H,3-10H2,1-2H3;1H. The topological polar surface area (TPSA) is 95.8 Å². The van der Waals surface area contributed by atoms with E-state index in [2.05, 4.69) is 10.5 Å². The summed E-state index contributed by atoms with van der Waals surface area (Å²) in [7, 11) is -3.65. The molecule has 3 rings (SSSR count). The molecule has 0 radical (unpaired) electrons. The Morgan fingerprint density at radius 1 is 1.20 bits per heavy atom. The smallest absolute Gasteiger partial charge is 0.248 e. The van der Waals surface area contributed by atoms with Crippen molar-refractivity contribution in [1.29, 1.82) is 0 Å². The van der Waals surface area contributed by atoms with Gasteiger partial charge in [0.05, 0.1) is 6.04 Å². The molecule has 1 N–H and O–H groups in total. The van der Waals surface area contributed by atoms with E-state index >= 15 is 0 Å². The molecule has 1 amide bonds. The Balaban J connectivity index is 0.00000225. The third-order valence-corrected chi connectivity index (χ3v) is 6.83. The van der Waals surface area contributed by atoms with Crippen LogP contribution in [0.25, 0.3) is 0 Å². The van der Waals surface area contributed by atoms with Crippen LogP contribution in [0.5, 0.6) is 0 Å². The summed E-state index contributed by atoms with van der Waals surface area (Å²) in [5.74, 6) is 0.393. The van der Waals surface area contributed by atoms with E-state index in [1.54, 1.807) is 18.7 Å². The van der Waals surface area contributed by atoms with E-state index in [1.807, 2.05) is 0 Å². The molecule has 0 spiro atoms. The van der Waals surface area contributed by atoms with Gasteiger partial charge in [-0.2, -0.15) is 4.31 Å². The van der Waals surface area contributed by atoms with Crippen LogP contribution in [0.3, 0.4) is 0 Å². The minimum atomic E-state index is -3.65. The Hall–Kier alpha value is -1.16. The third-order valence-electron chi connectivity index (χ3n) is 4.69. The quantitative estimate of drug-likeness (QED) is 0.813. The summed E-state index contributed by atoms with van der Waals surface area (Å²) >= 11 is 0. The van der Waals surface area contributed by atoms with E-state index in [4.69, 9.17) is 4.52 Å². The number of amides is 1. The number of nitrogens with zero attached hydrogens (tertiary/aromatic N) is 3. The molecule has 10 heteroatoms. The lowest BCUT2D eigenvalue weighted by molar-refractivity contribution is -0.132. The Labute approximate surface area is 154 Å². The second kappa shape index (κ2) is 8.03. The second-order valence-electron chi connectivity index (χ2n) is 6.39. The number of carbonyl (C=O) groups is 1. The highest BCUT2D eigenvalue weighted by Crippen LogP contribution is 2.24. The van der Waals surface area contributed by atoms with Crippen LogP contribution < -0.4 is 5.32 Å². The average Bonchev–Trinajstić information content (AvgIpc) is 3.10. The van der Waals surface area contributed by atoms with E-state index in [1.165, 1.54) is 4.31 Å². The minimum absolute atomic E-state index is 0. The van der Waals surface area contributed by atoms with Crippen LogP contribution in [-0.4, -0.2) is 67.5 Å². The predicted octanol–water partition coefficient (Wildman–Crippen LogP) is 0.688. The molecule has 8 nitrogen and oxygen atoms in total. The zero-order chi connectivity index (χ0) is 17.3. The van der Waals surface area contributed by atoms with E-state index in [9.17, 15) is 13.2 Å². The number of rotatable bonds is 3. The molecule has 1 aromatic rings. The van der Waals surface area contributed by atoms with Gasteiger partial charge in [0.25, 0.3) is 0 Å². The number of sulfonamides is 1. The highest BCUT2D eigenvalue weighted by molar-refractivity contribution is 7.89. The van der Waals surface area contributed by atoms with Crippen molar-refractivity contribution in [3.05, 3.63) is 11.5 Å². The molecule has 2 fully saturated rings. The number of aryl methyl sites for hydroxylation is 2. The molecule has 1 atom stereocenters. The van der Waals surface area contributed by atoms with E-state index < -0.39 is 10.0 Å². The fourth-order valence-corrected chi connectivity index (χ4v) is 5.20. The van der Waals surface area contributed by atoms with Crippen LogP contribution in [0.1, 0.15) is 30.7 Å². The van der Waals surface area contributed by atoms with Gasteiger partial charge in [0.2, 0.25) is 15.9 Å². The number of nitrogens with one attached hydrogen (secondary N) is 1. The number of hydrogen-bond donors (Lipinski definition) is 1. The number of hydrogen-bond acceptors (Lipinski definition) is 6. The molecular formula is C15H25ClN4O4S. The van der Waals surface area contributed by atoms with Gasteiger partial charge in [0, 0.05) is 26.2 Å². The number of halogens is 1. The highest BCUT2D eigenvalue weighted by Gasteiger charge is 2.34. The van der Waals surface area contributed by atoms with E-state index in [0.29, 0.717) is 44.1 Å². The largest absolute Gasteiger partial charge is 0.360 e. The first-order chi connectivity index (χ1) is 11.4. The average molecular weight is 393 g/mol. The Kier molecular flexibility index (Phi) is 6.47. The molecule has 0 saturated carbocycles. The number of aromatic nitrogens is 1. The molecule has 2 aliphatic heterocycles. The molecule has 0 bridgehead atoms. The maximum atomic E-state index is 12.9. The summed E-state index contributed by atoms with van der Waals surface area (Å²) in [6.45, 7) is 5.80. The normalized spacial score (nSPS) is 22.5. The van der Waals surface area contributed by atoms with E-state index in [0.717, 1.165) is 19.4 Å². The third kappa shape index (κ3) is 3.99. The van der Waals surface area contributed by atoms with Crippen molar-refractivity contribution in [2.75, 3.05) is 32.7 Å². The lowest BCUT2D eigenvalue weighted by atomic mass is 10.2. The van der Waals surface area contributed by atoms with Gasteiger partial charge < -0.3 is 14.7 Å². The van der Waals surface area contributed by atoms with Crippen LogP contribution in [0, 0.1) is 13.8 Å². The van der Waals surface area contributed by atoms with Crippen molar-refractivity contribution in [1.82, 2.24) is 19.7 Å². The zero-order valence-electron chi connectivity index (χ0n) is 14.5. The Morgan fingerprint density at radius 2 is 1.96 bits per heavy atom. The predicted molar refractivity (Wildman–Crippen MR) is 94.2 cm³/mol.